The SMILES string of the molecule is NC(=O)c1cc2cc(NC(=O)Cc3ccc(F)cc3)ccc2n1Cc1cccc(F)c1. The number of halogens is 2. The average Bonchev–Trinajstić information content (AvgIpc) is 3.08. The van der Waals surface area contributed by atoms with Crippen molar-refractivity contribution in [3.63, 3.8) is 0 Å². The third kappa shape index (κ3) is 4.61. The van der Waals surface area contributed by atoms with Crippen LogP contribution >= 0.6 is 0 Å². The number of carbonyl (C=O) groups is 2. The molecule has 3 aromatic carbocycles. The van der Waals surface area contributed by atoms with Crippen LogP contribution in [0.3, 0.4) is 0 Å². The summed E-state index contributed by atoms with van der Waals surface area (Å²) in [5.74, 6) is -1.57. The van der Waals surface area contributed by atoms with Crippen molar-refractivity contribution in [3.05, 3.63) is 101 Å². The van der Waals surface area contributed by atoms with Gasteiger partial charge in [-0.3, -0.25) is 9.59 Å². The first-order valence-corrected chi connectivity index (χ1v) is 9.61. The number of hydrogen-bond acceptors (Lipinski definition) is 2. The second-order valence-electron chi connectivity index (χ2n) is 7.23. The minimum atomic E-state index is -0.602. The van der Waals surface area contributed by atoms with Crippen LogP contribution in [0.4, 0.5) is 14.5 Å². The van der Waals surface area contributed by atoms with Crippen LogP contribution in [-0.4, -0.2) is 16.4 Å². The minimum Gasteiger partial charge on any atom is -0.364 e. The highest BCUT2D eigenvalue weighted by atomic mass is 19.1. The number of hydrogen-bond donors (Lipinski definition) is 2. The van der Waals surface area contributed by atoms with E-state index in [1.165, 1.54) is 24.3 Å². The molecule has 0 radical (unpaired) electrons. The number of amides is 2. The van der Waals surface area contributed by atoms with Crippen LogP contribution < -0.4 is 11.1 Å². The van der Waals surface area contributed by atoms with Gasteiger partial charge in [0, 0.05) is 23.1 Å². The third-order valence-corrected chi connectivity index (χ3v) is 4.95. The number of nitrogens with one attached hydrogen (secondary N) is 1. The second-order valence-corrected chi connectivity index (χ2v) is 7.23. The number of anilines is 1. The molecule has 1 aromatic heterocycles. The topological polar surface area (TPSA) is 77.1 Å². The van der Waals surface area contributed by atoms with Gasteiger partial charge >= 0.3 is 0 Å². The molecule has 0 aliphatic carbocycles. The zero-order valence-electron chi connectivity index (χ0n) is 16.4. The number of nitrogens with two attached hydrogens (primary N) is 1. The van der Waals surface area contributed by atoms with Gasteiger partial charge in [0.05, 0.1) is 6.42 Å². The number of primary amides is 1. The molecule has 4 aromatic rings. The van der Waals surface area contributed by atoms with Gasteiger partial charge in [-0.1, -0.05) is 24.3 Å². The highest BCUT2D eigenvalue weighted by molar-refractivity contribution is 6.00. The molecule has 0 fully saturated rings. The van der Waals surface area contributed by atoms with Gasteiger partial charge in [0.25, 0.3) is 5.91 Å². The lowest BCUT2D eigenvalue weighted by molar-refractivity contribution is -0.115. The third-order valence-electron chi connectivity index (χ3n) is 4.95. The number of benzene rings is 3. The molecule has 0 bridgehead atoms. The van der Waals surface area contributed by atoms with Crippen molar-refractivity contribution >= 4 is 28.4 Å². The van der Waals surface area contributed by atoms with Crippen LogP contribution in [0.15, 0.2) is 72.8 Å². The molecule has 0 atom stereocenters. The fraction of sp³-hybridized carbons (Fsp3) is 0.0833. The van der Waals surface area contributed by atoms with Gasteiger partial charge in [0.1, 0.15) is 17.3 Å². The lowest BCUT2D eigenvalue weighted by Crippen LogP contribution is -2.17. The Hall–Kier alpha value is -4.00. The van der Waals surface area contributed by atoms with Crippen LogP contribution in [0.5, 0.6) is 0 Å². The van der Waals surface area contributed by atoms with Crippen molar-refractivity contribution in [2.24, 2.45) is 5.73 Å². The van der Waals surface area contributed by atoms with Crippen LogP contribution in [0.2, 0.25) is 0 Å². The standard InChI is InChI=1S/C24H19F2N3O2/c25-18-6-4-15(5-7-18)11-23(30)28-20-8-9-21-17(12-20)13-22(24(27)31)29(21)14-16-2-1-3-19(26)10-16/h1-10,12-13H,11,14H2,(H2,27,31)(H,28,30). The predicted octanol–water partition coefficient (Wildman–Crippen LogP) is 4.25. The summed E-state index contributed by atoms with van der Waals surface area (Å²) in [6.07, 6.45) is 0.103. The van der Waals surface area contributed by atoms with Gasteiger partial charge in [0.2, 0.25) is 5.91 Å². The summed E-state index contributed by atoms with van der Waals surface area (Å²) in [5.41, 5.74) is 8.50. The number of nitrogens with zero attached hydrogens (tertiary/aromatic N) is 1. The lowest BCUT2D eigenvalue weighted by atomic mass is 10.1. The Morgan fingerprint density at radius 3 is 2.35 bits per heavy atom. The molecule has 2 amide bonds. The van der Waals surface area contributed by atoms with Crippen molar-refractivity contribution in [3.8, 4) is 0 Å². The van der Waals surface area contributed by atoms with Gasteiger partial charge in [-0.05, 0) is 59.7 Å². The van der Waals surface area contributed by atoms with Crippen LogP contribution in [0.25, 0.3) is 10.9 Å². The van der Waals surface area contributed by atoms with Crippen molar-refractivity contribution in [2.45, 2.75) is 13.0 Å². The summed E-state index contributed by atoms with van der Waals surface area (Å²) in [5, 5.41) is 3.52. The van der Waals surface area contributed by atoms with Gasteiger partial charge in [-0.15, -0.1) is 0 Å². The maximum atomic E-state index is 13.6. The normalized spacial score (nSPS) is 10.9. The zero-order chi connectivity index (χ0) is 22.0. The van der Waals surface area contributed by atoms with Crippen molar-refractivity contribution in [1.82, 2.24) is 4.57 Å². The van der Waals surface area contributed by atoms with Crippen LogP contribution in [0, 0.1) is 11.6 Å². The number of rotatable bonds is 6. The Morgan fingerprint density at radius 1 is 0.871 bits per heavy atom. The summed E-state index contributed by atoms with van der Waals surface area (Å²) in [6, 6.07) is 18.7. The molecule has 31 heavy (non-hydrogen) atoms. The highest BCUT2D eigenvalue weighted by Gasteiger charge is 2.15. The second kappa shape index (κ2) is 8.39. The number of fused-ring (bicyclic) bond motifs is 1. The van der Waals surface area contributed by atoms with E-state index >= 15 is 0 Å². The van der Waals surface area contributed by atoms with Crippen LogP contribution in [-0.2, 0) is 17.8 Å². The fourth-order valence-corrected chi connectivity index (χ4v) is 3.53. The Morgan fingerprint density at radius 2 is 1.65 bits per heavy atom. The maximum Gasteiger partial charge on any atom is 0.265 e. The molecular formula is C24H19F2N3O2. The van der Waals surface area contributed by atoms with E-state index in [1.54, 1.807) is 53.1 Å². The van der Waals surface area contributed by atoms with E-state index < -0.39 is 5.91 Å². The lowest BCUT2D eigenvalue weighted by Gasteiger charge is -2.10. The first kappa shape index (κ1) is 20.3. The van der Waals surface area contributed by atoms with Crippen molar-refractivity contribution < 1.29 is 18.4 Å². The summed E-state index contributed by atoms with van der Waals surface area (Å²) in [4.78, 5) is 24.3. The molecule has 156 valence electrons. The molecule has 3 N–H and O–H groups in total. The predicted molar refractivity (Wildman–Crippen MR) is 115 cm³/mol. The Bertz CT molecular complexity index is 1280. The van der Waals surface area contributed by atoms with Gasteiger partial charge in [-0.2, -0.15) is 0 Å². The number of carbonyl (C=O) groups excluding carboxylic acids is 2. The Labute approximate surface area is 177 Å². The first-order valence-electron chi connectivity index (χ1n) is 9.61. The molecule has 0 saturated carbocycles. The van der Waals surface area contributed by atoms with E-state index in [4.69, 9.17) is 5.73 Å². The molecule has 0 aliphatic heterocycles. The molecule has 7 heteroatoms. The van der Waals surface area contributed by atoms with Gasteiger partial charge in [0.15, 0.2) is 0 Å². The van der Waals surface area contributed by atoms with Crippen molar-refractivity contribution in [1.29, 1.82) is 0 Å². The molecule has 0 aliphatic rings. The molecule has 1 heterocycles. The minimum absolute atomic E-state index is 0.103. The molecular weight excluding hydrogens is 400 g/mol. The zero-order valence-corrected chi connectivity index (χ0v) is 16.4. The molecule has 0 spiro atoms. The van der Waals surface area contributed by atoms with E-state index in [0.29, 0.717) is 22.2 Å². The first-order chi connectivity index (χ1) is 14.9. The highest BCUT2D eigenvalue weighted by Crippen LogP contribution is 2.25. The molecule has 0 unspecified atom stereocenters. The van der Waals surface area contributed by atoms with E-state index in [-0.39, 0.29) is 36.2 Å². The van der Waals surface area contributed by atoms with Gasteiger partial charge < -0.3 is 15.6 Å². The van der Waals surface area contributed by atoms with E-state index in [2.05, 4.69) is 5.32 Å². The number of aromatic nitrogens is 1. The van der Waals surface area contributed by atoms with Crippen LogP contribution in [0.1, 0.15) is 21.6 Å². The van der Waals surface area contributed by atoms with Crippen molar-refractivity contribution in [2.75, 3.05) is 5.32 Å². The Kier molecular flexibility index (Phi) is 5.49. The van der Waals surface area contributed by atoms with E-state index in [0.717, 1.165) is 5.52 Å². The quantitative estimate of drug-likeness (QED) is 0.490. The summed E-state index contributed by atoms with van der Waals surface area (Å²) < 4.78 is 28.3. The fourth-order valence-electron chi connectivity index (χ4n) is 3.53. The van der Waals surface area contributed by atoms with Gasteiger partial charge in [-0.25, -0.2) is 8.78 Å². The molecule has 4 rings (SSSR count). The summed E-state index contributed by atoms with van der Waals surface area (Å²) in [7, 11) is 0. The summed E-state index contributed by atoms with van der Waals surface area (Å²) in [6.45, 7) is 0.274. The van der Waals surface area contributed by atoms with E-state index in [1.807, 2.05) is 0 Å². The monoisotopic (exact) mass is 419 g/mol. The average molecular weight is 419 g/mol. The maximum absolute atomic E-state index is 13.6. The largest absolute Gasteiger partial charge is 0.364 e. The Balaban J connectivity index is 1.59. The summed E-state index contributed by atoms with van der Waals surface area (Å²) >= 11 is 0. The molecule has 5 nitrogen and oxygen atoms in total. The van der Waals surface area contributed by atoms with E-state index in [9.17, 15) is 18.4 Å². The molecule has 0 saturated heterocycles. The smallest absolute Gasteiger partial charge is 0.265 e.